The summed E-state index contributed by atoms with van der Waals surface area (Å²) in [6, 6.07) is 0. The Balaban J connectivity index is 2.07. The fourth-order valence-corrected chi connectivity index (χ4v) is 2.38. The minimum Gasteiger partial charge on any atom is -0.332 e. The molecule has 0 aliphatic heterocycles. The molecule has 0 unspecified atom stereocenters. The van der Waals surface area contributed by atoms with E-state index in [1.165, 1.54) is 24.2 Å². The van der Waals surface area contributed by atoms with Gasteiger partial charge in [0, 0.05) is 23.7 Å². The summed E-state index contributed by atoms with van der Waals surface area (Å²) < 4.78 is 2.29. The largest absolute Gasteiger partial charge is 0.332 e. The molecule has 5 nitrogen and oxygen atoms in total. The summed E-state index contributed by atoms with van der Waals surface area (Å²) in [6.07, 6.45) is 5.71. The van der Waals surface area contributed by atoms with Crippen LogP contribution < -0.4 is 0 Å². The lowest BCUT2D eigenvalue weighted by Gasteiger charge is -2.14. The van der Waals surface area contributed by atoms with Crippen LogP contribution in [0.5, 0.6) is 0 Å². The fourth-order valence-electron chi connectivity index (χ4n) is 2.38. The van der Waals surface area contributed by atoms with Gasteiger partial charge in [-0.25, -0.2) is 4.98 Å². The summed E-state index contributed by atoms with van der Waals surface area (Å²) in [6.45, 7) is 3.56. The minimum atomic E-state index is 0.572. The van der Waals surface area contributed by atoms with Crippen LogP contribution in [-0.2, 0) is 19.4 Å². The first-order chi connectivity index (χ1) is 7.83. The van der Waals surface area contributed by atoms with Gasteiger partial charge in [-0.2, -0.15) is 0 Å². The van der Waals surface area contributed by atoms with Gasteiger partial charge in [-0.15, -0.1) is 0 Å². The highest BCUT2D eigenvalue weighted by molar-refractivity contribution is 5.19. The molecule has 1 aliphatic carbocycles. The number of hydrogen-bond acceptors (Lipinski definition) is 2. The monoisotopic (exact) mass is 219 g/mol. The first-order valence-electron chi connectivity index (χ1n) is 5.88. The summed E-state index contributed by atoms with van der Waals surface area (Å²) in [4.78, 5) is 7.37. The van der Waals surface area contributed by atoms with E-state index < -0.39 is 0 Å². The van der Waals surface area contributed by atoms with E-state index in [2.05, 4.69) is 26.5 Å². The molecule has 1 aromatic rings. The third-order valence-corrected chi connectivity index (χ3v) is 3.13. The number of rotatable bonds is 4. The van der Waals surface area contributed by atoms with Crippen molar-refractivity contribution in [2.45, 2.75) is 45.6 Å². The molecule has 5 heteroatoms. The van der Waals surface area contributed by atoms with Crippen molar-refractivity contribution in [3.05, 3.63) is 27.7 Å². The highest BCUT2D eigenvalue weighted by Gasteiger charge is 2.17. The van der Waals surface area contributed by atoms with Gasteiger partial charge in [-0.05, 0) is 44.6 Å². The molecule has 0 saturated carbocycles. The lowest BCUT2D eigenvalue weighted by molar-refractivity contribution is 0.577. The standard InChI is InChI=1S/C11H17N5/c1-9-14-10-5-2-3-6-11(10)16(9)8-4-7-13-15-12/h2-8H2,1H3. The number of hydrogen-bond donors (Lipinski definition) is 0. The zero-order valence-electron chi connectivity index (χ0n) is 9.69. The molecule has 1 aliphatic rings. The summed E-state index contributed by atoms with van der Waals surface area (Å²) >= 11 is 0. The van der Waals surface area contributed by atoms with Crippen molar-refractivity contribution in [2.75, 3.05) is 6.54 Å². The Morgan fingerprint density at radius 2 is 2.25 bits per heavy atom. The number of nitrogens with zero attached hydrogens (tertiary/aromatic N) is 5. The number of aromatic nitrogens is 2. The quantitative estimate of drug-likeness (QED) is 0.332. The van der Waals surface area contributed by atoms with Crippen molar-refractivity contribution in [3.63, 3.8) is 0 Å². The molecule has 1 heterocycles. The second kappa shape index (κ2) is 5.03. The van der Waals surface area contributed by atoms with E-state index in [4.69, 9.17) is 5.53 Å². The van der Waals surface area contributed by atoms with E-state index in [9.17, 15) is 0 Å². The van der Waals surface area contributed by atoms with Crippen LogP contribution >= 0.6 is 0 Å². The lowest BCUT2D eigenvalue weighted by Crippen LogP contribution is -2.10. The van der Waals surface area contributed by atoms with Gasteiger partial charge in [-0.3, -0.25) is 0 Å². The summed E-state index contributed by atoms with van der Waals surface area (Å²) in [7, 11) is 0. The third kappa shape index (κ3) is 2.19. The van der Waals surface area contributed by atoms with Crippen LogP contribution in [0.2, 0.25) is 0 Å². The Labute approximate surface area is 95.1 Å². The van der Waals surface area contributed by atoms with E-state index in [-0.39, 0.29) is 0 Å². The van der Waals surface area contributed by atoms with Gasteiger partial charge in [0.15, 0.2) is 0 Å². The molecular weight excluding hydrogens is 202 g/mol. The average molecular weight is 219 g/mol. The maximum absolute atomic E-state index is 8.21. The first-order valence-corrected chi connectivity index (χ1v) is 5.88. The predicted molar refractivity (Wildman–Crippen MR) is 62.2 cm³/mol. The maximum Gasteiger partial charge on any atom is 0.106 e. The fraction of sp³-hybridized carbons (Fsp3) is 0.727. The first kappa shape index (κ1) is 11.0. The lowest BCUT2D eigenvalue weighted by atomic mass is 10.0. The molecule has 0 aromatic carbocycles. The van der Waals surface area contributed by atoms with Crippen molar-refractivity contribution < 1.29 is 0 Å². The van der Waals surface area contributed by atoms with Crippen molar-refractivity contribution >= 4 is 0 Å². The van der Waals surface area contributed by atoms with Crippen LogP contribution in [0.4, 0.5) is 0 Å². The predicted octanol–water partition coefficient (Wildman–Crippen LogP) is 2.77. The van der Waals surface area contributed by atoms with Crippen LogP contribution in [0.15, 0.2) is 5.11 Å². The summed E-state index contributed by atoms with van der Waals surface area (Å²) in [5.74, 6) is 1.10. The van der Waals surface area contributed by atoms with E-state index >= 15 is 0 Å². The molecule has 0 N–H and O–H groups in total. The van der Waals surface area contributed by atoms with E-state index in [1.54, 1.807) is 0 Å². The van der Waals surface area contributed by atoms with Crippen LogP contribution in [0, 0.1) is 6.92 Å². The Bertz CT molecular complexity index is 414. The van der Waals surface area contributed by atoms with E-state index in [0.717, 1.165) is 31.6 Å². The van der Waals surface area contributed by atoms with Gasteiger partial charge in [0.25, 0.3) is 0 Å². The maximum atomic E-state index is 8.21. The molecule has 1 aromatic heterocycles. The molecule has 0 saturated heterocycles. The van der Waals surface area contributed by atoms with Crippen molar-refractivity contribution in [2.24, 2.45) is 5.11 Å². The van der Waals surface area contributed by atoms with E-state index in [1.807, 2.05) is 0 Å². The minimum absolute atomic E-state index is 0.572. The zero-order chi connectivity index (χ0) is 11.4. The summed E-state index contributed by atoms with van der Waals surface area (Å²) in [5, 5.41) is 3.56. The molecule has 0 spiro atoms. The van der Waals surface area contributed by atoms with Gasteiger partial charge in [0.1, 0.15) is 5.82 Å². The van der Waals surface area contributed by atoms with Crippen molar-refractivity contribution in [1.82, 2.24) is 9.55 Å². The Morgan fingerprint density at radius 3 is 3.06 bits per heavy atom. The Hall–Kier alpha value is -1.48. The van der Waals surface area contributed by atoms with Gasteiger partial charge in [-0.1, -0.05) is 5.11 Å². The van der Waals surface area contributed by atoms with Crippen molar-refractivity contribution in [3.8, 4) is 0 Å². The molecule has 0 amide bonds. The van der Waals surface area contributed by atoms with Crippen LogP contribution in [0.3, 0.4) is 0 Å². The highest BCUT2D eigenvalue weighted by Crippen LogP contribution is 2.22. The molecule has 86 valence electrons. The molecule has 0 atom stereocenters. The van der Waals surface area contributed by atoms with Gasteiger partial charge < -0.3 is 4.57 Å². The molecular formula is C11H17N5. The second-order valence-electron chi connectivity index (χ2n) is 4.22. The van der Waals surface area contributed by atoms with E-state index in [0.29, 0.717) is 6.54 Å². The molecule has 16 heavy (non-hydrogen) atoms. The smallest absolute Gasteiger partial charge is 0.106 e. The molecule has 0 bridgehead atoms. The third-order valence-electron chi connectivity index (χ3n) is 3.13. The Morgan fingerprint density at radius 1 is 1.44 bits per heavy atom. The van der Waals surface area contributed by atoms with Gasteiger partial charge in [0.05, 0.1) is 5.69 Å². The highest BCUT2D eigenvalue weighted by atomic mass is 15.1. The Kier molecular flexibility index (Phi) is 3.47. The number of imidazole rings is 1. The molecule has 0 fully saturated rings. The summed E-state index contributed by atoms with van der Waals surface area (Å²) in [5.41, 5.74) is 10.9. The van der Waals surface area contributed by atoms with Gasteiger partial charge in [0.2, 0.25) is 0 Å². The van der Waals surface area contributed by atoms with Gasteiger partial charge >= 0.3 is 0 Å². The number of azide groups is 1. The van der Waals surface area contributed by atoms with Crippen LogP contribution in [0.25, 0.3) is 10.4 Å². The average Bonchev–Trinajstić information content (AvgIpc) is 2.61. The zero-order valence-corrected chi connectivity index (χ0v) is 9.69. The normalized spacial score (nSPS) is 14.3. The topological polar surface area (TPSA) is 66.6 Å². The molecule has 0 radical (unpaired) electrons. The van der Waals surface area contributed by atoms with Crippen LogP contribution in [0.1, 0.15) is 36.5 Å². The SMILES string of the molecule is Cc1nc2c(n1CCCN=[N+]=[N-])CCCC2. The number of aryl methyl sites for hydroxylation is 2. The second-order valence-corrected chi connectivity index (χ2v) is 4.22. The van der Waals surface area contributed by atoms with Crippen molar-refractivity contribution in [1.29, 1.82) is 0 Å². The number of fused-ring (bicyclic) bond motifs is 1. The molecule has 2 rings (SSSR count). The van der Waals surface area contributed by atoms with Crippen LogP contribution in [-0.4, -0.2) is 16.1 Å².